The van der Waals surface area contributed by atoms with Gasteiger partial charge in [-0.05, 0) is 43.0 Å². The summed E-state index contributed by atoms with van der Waals surface area (Å²) in [6, 6.07) is 13.3. The van der Waals surface area contributed by atoms with E-state index in [1.165, 1.54) is 0 Å². The molecule has 0 heterocycles. The third-order valence-electron chi connectivity index (χ3n) is 3.44. The average Bonchev–Trinajstić information content (AvgIpc) is 2.51. The topological polar surface area (TPSA) is 58.6 Å². The highest BCUT2D eigenvalue weighted by atomic mass is 16.7. The molecule has 0 radical (unpaired) electrons. The van der Waals surface area contributed by atoms with Gasteiger partial charge in [0.05, 0.1) is 6.42 Å². The molecule has 0 saturated heterocycles. The molecule has 0 fully saturated rings. The van der Waals surface area contributed by atoms with Gasteiger partial charge >= 0.3 is 5.97 Å². The second-order valence-electron chi connectivity index (χ2n) is 4.97. The van der Waals surface area contributed by atoms with Gasteiger partial charge in [0.15, 0.2) is 0 Å². The van der Waals surface area contributed by atoms with Crippen LogP contribution in [0.1, 0.15) is 23.1 Å². The Labute approximate surface area is 124 Å². The Balaban J connectivity index is 1.86. The fourth-order valence-electron chi connectivity index (χ4n) is 1.94. The minimum absolute atomic E-state index is 0.103. The summed E-state index contributed by atoms with van der Waals surface area (Å²) in [4.78, 5) is 16.7. The minimum Gasteiger partial charge on any atom is -0.505 e. The van der Waals surface area contributed by atoms with Crippen LogP contribution in [0.3, 0.4) is 0 Å². The van der Waals surface area contributed by atoms with E-state index >= 15 is 0 Å². The van der Waals surface area contributed by atoms with Gasteiger partial charge in [0.1, 0.15) is 11.4 Å². The highest BCUT2D eigenvalue weighted by molar-refractivity contribution is 5.71. The molecule has 2 N–H and O–H groups in total. The lowest BCUT2D eigenvalue weighted by molar-refractivity contribution is -0.140. The third kappa shape index (κ3) is 3.99. The van der Waals surface area contributed by atoms with Crippen molar-refractivity contribution in [1.82, 2.24) is 0 Å². The number of nitrogens with one attached hydrogen (secondary N) is 1. The van der Waals surface area contributed by atoms with Crippen LogP contribution in [0.4, 0.5) is 5.69 Å². The Morgan fingerprint density at radius 2 is 1.86 bits per heavy atom. The summed E-state index contributed by atoms with van der Waals surface area (Å²) >= 11 is 0. The number of benzene rings is 2. The number of hydrogen-bond acceptors (Lipinski definition) is 4. The van der Waals surface area contributed by atoms with Gasteiger partial charge in [-0.25, -0.2) is 10.3 Å². The summed E-state index contributed by atoms with van der Waals surface area (Å²) in [5, 5.41) is 9.95. The van der Waals surface area contributed by atoms with E-state index in [0.29, 0.717) is 12.1 Å². The van der Waals surface area contributed by atoms with E-state index in [2.05, 4.69) is 5.48 Å². The molecule has 0 atom stereocenters. The number of aryl methyl sites for hydroxylation is 2. The van der Waals surface area contributed by atoms with Crippen LogP contribution < -0.4 is 5.48 Å². The van der Waals surface area contributed by atoms with Gasteiger partial charge in [0, 0.05) is 0 Å². The summed E-state index contributed by atoms with van der Waals surface area (Å²) in [7, 11) is 0. The van der Waals surface area contributed by atoms with Crippen molar-refractivity contribution in [2.45, 2.75) is 26.7 Å². The molecule has 0 aliphatic carbocycles. The van der Waals surface area contributed by atoms with Crippen LogP contribution in [0.5, 0.6) is 5.75 Å². The second kappa shape index (κ2) is 6.79. The standard InChI is InChI=1S/C17H19NO3/c1-12-8-10-15(17(20)13(12)2)18-21-16(19)11-9-14-6-4-3-5-7-14/h3-8,10,18,20H,9,11H2,1-2H3. The fraction of sp³-hybridized carbons (Fsp3) is 0.235. The van der Waals surface area contributed by atoms with Gasteiger partial charge in [-0.2, -0.15) is 0 Å². The van der Waals surface area contributed by atoms with E-state index < -0.39 is 0 Å². The van der Waals surface area contributed by atoms with E-state index in [9.17, 15) is 9.90 Å². The maximum Gasteiger partial charge on any atom is 0.332 e. The average molecular weight is 285 g/mol. The smallest absolute Gasteiger partial charge is 0.332 e. The Morgan fingerprint density at radius 1 is 1.14 bits per heavy atom. The summed E-state index contributed by atoms with van der Waals surface area (Å²) < 4.78 is 0. The van der Waals surface area contributed by atoms with Crippen molar-refractivity contribution in [3.63, 3.8) is 0 Å². The molecule has 0 aliphatic rings. The van der Waals surface area contributed by atoms with Crippen LogP contribution in [-0.4, -0.2) is 11.1 Å². The number of carbonyl (C=O) groups excluding carboxylic acids is 1. The number of phenols is 1. The summed E-state index contributed by atoms with van der Waals surface area (Å²) in [5.41, 5.74) is 5.74. The van der Waals surface area contributed by atoms with Gasteiger partial charge in [-0.1, -0.05) is 36.4 Å². The molecule has 0 amide bonds. The van der Waals surface area contributed by atoms with Crippen LogP contribution in [0.15, 0.2) is 42.5 Å². The number of hydrogen-bond donors (Lipinski definition) is 2. The van der Waals surface area contributed by atoms with Crippen LogP contribution in [0.2, 0.25) is 0 Å². The maximum atomic E-state index is 11.7. The molecule has 21 heavy (non-hydrogen) atoms. The van der Waals surface area contributed by atoms with Crippen LogP contribution in [0, 0.1) is 13.8 Å². The molecule has 0 bridgehead atoms. The van der Waals surface area contributed by atoms with Gasteiger partial charge < -0.3 is 9.94 Å². The lowest BCUT2D eigenvalue weighted by Crippen LogP contribution is -2.11. The van der Waals surface area contributed by atoms with Crippen molar-refractivity contribution in [1.29, 1.82) is 0 Å². The Hall–Kier alpha value is -2.49. The molecule has 2 rings (SSSR count). The molecule has 2 aromatic rings. The van der Waals surface area contributed by atoms with Gasteiger partial charge in [0.25, 0.3) is 0 Å². The molecule has 0 spiro atoms. The largest absolute Gasteiger partial charge is 0.505 e. The number of carbonyl (C=O) groups is 1. The fourth-order valence-corrected chi connectivity index (χ4v) is 1.94. The zero-order valence-electron chi connectivity index (χ0n) is 12.2. The molecule has 0 unspecified atom stereocenters. The maximum absolute atomic E-state index is 11.7. The van der Waals surface area contributed by atoms with Crippen LogP contribution in [-0.2, 0) is 16.1 Å². The molecule has 110 valence electrons. The minimum atomic E-state index is -0.364. The van der Waals surface area contributed by atoms with Crippen molar-refractivity contribution >= 4 is 11.7 Å². The predicted octanol–water partition coefficient (Wildman–Crippen LogP) is 3.51. The van der Waals surface area contributed by atoms with Gasteiger partial charge in [-0.15, -0.1) is 0 Å². The highest BCUT2D eigenvalue weighted by Gasteiger charge is 2.09. The number of aromatic hydroxyl groups is 1. The number of rotatable bonds is 5. The first-order valence-electron chi connectivity index (χ1n) is 6.86. The van der Waals surface area contributed by atoms with E-state index in [4.69, 9.17) is 4.84 Å². The number of anilines is 1. The van der Waals surface area contributed by atoms with Crippen molar-refractivity contribution in [2.75, 3.05) is 5.48 Å². The summed E-state index contributed by atoms with van der Waals surface area (Å²) in [6.45, 7) is 3.72. The van der Waals surface area contributed by atoms with Crippen LogP contribution in [0.25, 0.3) is 0 Å². The zero-order valence-corrected chi connectivity index (χ0v) is 12.2. The quantitative estimate of drug-likeness (QED) is 0.652. The molecular weight excluding hydrogens is 266 g/mol. The SMILES string of the molecule is Cc1ccc(NOC(=O)CCc2ccccc2)c(O)c1C. The molecular formula is C17H19NO3. The number of phenolic OH excluding ortho intramolecular Hbond substituents is 1. The van der Waals surface area contributed by atoms with Crippen molar-refractivity contribution in [2.24, 2.45) is 0 Å². The molecule has 4 nitrogen and oxygen atoms in total. The Morgan fingerprint density at radius 3 is 2.57 bits per heavy atom. The van der Waals surface area contributed by atoms with Crippen molar-refractivity contribution < 1.29 is 14.7 Å². The third-order valence-corrected chi connectivity index (χ3v) is 3.44. The predicted molar refractivity (Wildman–Crippen MR) is 82.1 cm³/mol. The normalized spacial score (nSPS) is 10.2. The van der Waals surface area contributed by atoms with E-state index in [1.54, 1.807) is 6.07 Å². The van der Waals surface area contributed by atoms with E-state index in [1.807, 2.05) is 50.2 Å². The second-order valence-corrected chi connectivity index (χ2v) is 4.97. The van der Waals surface area contributed by atoms with E-state index in [0.717, 1.165) is 16.7 Å². The lowest BCUT2D eigenvalue weighted by atomic mass is 10.1. The van der Waals surface area contributed by atoms with Crippen LogP contribution >= 0.6 is 0 Å². The molecule has 4 heteroatoms. The molecule has 0 saturated carbocycles. The van der Waals surface area contributed by atoms with Gasteiger partial charge in [0.2, 0.25) is 0 Å². The first-order chi connectivity index (χ1) is 10.1. The Bertz CT molecular complexity index is 623. The molecule has 0 aliphatic heterocycles. The van der Waals surface area contributed by atoms with Crippen molar-refractivity contribution in [3.05, 3.63) is 59.2 Å². The van der Waals surface area contributed by atoms with Crippen molar-refractivity contribution in [3.8, 4) is 5.75 Å². The van der Waals surface area contributed by atoms with E-state index in [-0.39, 0.29) is 18.1 Å². The van der Waals surface area contributed by atoms with Gasteiger partial charge in [-0.3, -0.25) is 0 Å². The Kier molecular flexibility index (Phi) is 4.82. The first-order valence-corrected chi connectivity index (χ1v) is 6.86. The first kappa shape index (κ1) is 14.9. The highest BCUT2D eigenvalue weighted by Crippen LogP contribution is 2.29. The lowest BCUT2D eigenvalue weighted by Gasteiger charge is -2.11. The molecule has 2 aromatic carbocycles. The summed E-state index contributed by atoms with van der Waals surface area (Å²) in [5.74, 6) is -0.262. The summed E-state index contributed by atoms with van der Waals surface area (Å²) in [6.07, 6.45) is 0.906. The zero-order chi connectivity index (χ0) is 15.2. The molecule has 0 aromatic heterocycles. The monoisotopic (exact) mass is 285 g/mol.